The van der Waals surface area contributed by atoms with Gasteiger partial charge in [0.2, 0.25) is 5.95 Å². The number of anilines is 2. The first-order valence-electron chi connectivity index (χ1n) is 5.96. The molecule has 3 rings (SSSR count). The van der Waals surface area contributed by atoms with E-state index < -0.39 is 5.97 Å². The van der Waals surface area contributed by atoms with Gasteiger partial charge in [-0.2, -0.15) is 0 Å². The molecular weight excluding hydrogens is 264 g/mol. The zero-order valence-electron chi connectivity index (χ0n) is 10.3. The van der Waals surface area contributed by atoms with Crippen molar-refractivity contribution in [2.75, 3.05) is 5.32 Å². The van der Waals surface area contributed by atoms with Gasteiger partial charge in [0.1, 0.15) is 0 Å². The van der Waals surface area contributed by atoms with Gasteiger partial charge in [0.25, 0.3) is 0 Å². The van der Waals surface area contributed by atoms with Crippen LogP contribution in [0.2, 0.25) is 0 Å². The van der Waals surface area contributed by atoms with Crippen molar-refractivity contribution >= 4 is 28.4 Å². The highest BCUT2D eigenvalue weighted by atomic mass is 32.1. The number of fused-ring (bicyclic) bond motifs is 1. The first kappa shape index (κ1) is 12.0. The Morgan fingerprint density at radius 3 is 2.95 bits per heavy atom. The fourth-order valence-corrected chi connectivity index (χ4v) is 3.12. The standard InChI is InChI=1S/C12H12N4O2S/c1-6-7(10(17)18)5-13-11(14-6)16-12-15-8-3-2-4-9(8)19-12/h5H,2-4H2,1H3,(H,17,18)(H,13,14,15,16). The zero-order valence-corrected chi connectivity index (χ0v) is 11.1. The molecule has 2 N–H and O–H groups in total. The summed E-state index contributed by atoms with van der Waals surface area (Å²) < 4.78 is 0. The van der Waals surface area contributed by atoms with Gasteiger partial charge < -0.3 is 10.4 Å². The van der Waals surface area contributed by atoms with Gasteiger partial charge >= 0.3 is 5.97 Å². The second kappa shape index (κ2) is 4.58. The highest BCUT2D eigenvalue weighted by Gasteiger charge is 2.17. The molecule has 0 aliphatic heterocycles. The Bertz CT molecular complexity index is 632. The van der Waals surface area contributed by atoms with Crippen LogP contribution < -0.4 is 5.32 Å². The number of aromatic nitrogens is 3. The Morgan fingerprint density at radius 2 is 2.26 bits per heavy atom. The molecule has 0 spiro atoms. The van der Waals surface area contributed by atoms with E-state index in [4.69, 9.17) is 5.11 Å². The van der Waals surface area contributed by atoms with Crippen molar-refractivity contribution in [2.45, 2.75) is 26.2 Å². The summed E-state index contributed by atoms with van der Waals surface area (Å²) in [7, 11) is 0. The van der Waals surface area contributed by atoms with Crippen LogP contribution in [0.1, 0.15) is 33.0 Å². The molecule has 1 aliphatic carbocycles. The van der Waals surface area contributed by atoms with Crippen LogP contribution in [0, 0.1) is 6.92 Å². The summed E-state index contributed by atoms with van der Waals surface area (Å²) in [5.74, 6) is -0.632. The summed E-state index contributed by atoms with van der Waals surface area (Å²) in [5, 5.41) is 12.7. The van der Waals surface area contributed by atoms with Crippen molar-refractivity contribution in [1.82, 2.24) is 15.0 Å². The Labute approximate surface area is 113 Å². The van der Waals surface area contributed by atoms with Gasteiger partial charge in [0.15, 0.2) is 5.13 Å². The Hall–Kier alpha value is -2.02. The van der Waals surface area contributed by atoms with Crippen molar-refractivity contribution in [3.05, 3.63) is 28.0 Å². The van der Waals surface area contributed by atoms with Crippen LogP contribution in [0.4, 0.5) is 11.1 Å². The van der Waals surface area contributed by atoms with E-state index in [1.165, 1.54) is 17.5 Å². The SMILES string of the molecule is Cc1nc(Nc2nc3c(s2)CCC3)ncc1C(=O)O. The van der Waals surface area contributed by atoms with E-state index in [-0.39, 0.29) is 5.56 Å². The highest BCUT2D eigenvalue weighted by molar-refractivity contribution is 7.15. The average molecular weight is 276 g/mol. The van der Waals surface area contributed by atoms with Crippen LogP contribution in [0.25, 0.3) is 0 Å². The molecule has 98 valence electrons. The summed E-state index contributed by atoms with van der Waals surface area (Å²) >= 11 is 1.61. The molecule has 7 heteroatoms. The topological polar surface area (TPSA) is 88.0 Å². The lowest BCUT2D eigenvalue weighted by Crippen LogP contribution is -2.06. The Balaban J connectivity index is 1.83. The number of carboxylic acid groups (broad SMARTS) is 1. The molecule has 0 bridgehead atoms. The summed E-state index contributed by atoms with van der Waals surface area (Å²) in [4.78, 5) is 24.8. The van der Waals surface area contributed by atoms with Crippen LogP contribution in [-0.2, 0) is 12.8 Å². The molecule has 0 fully saturated rings. The molecule has 0 saturated carbocycles. The Kier molecular flexibility index (Phi) is 2.90. The lowest BCUT2D eigenvalue weighted by molar-refractivity contribution is 0.0695. The third-order valence-electron chi connectivity index (χ3n) is 3.02. The fourth-order valence-electron chi connectivity index (χ4n) is 2.08. The molecule has 2 aromatic heterocycles. The number of hydrogen-bond donors (Lipinski definition) is 2. The fraction of sp³-hybridized carbons (Fsp3) is 0.333. The number of carboxylic acids is 1. The predicted molar refractivity (Wildman–Crippen MR) is 71.2 cm³/mol. The van der Waals surface area contributed by atoms with Crippen LogP contribution >= 0.6 is 11.3 Å². The number of aromatic carboxylic acids is 1. The van der Waals surface area contributed by atoms with E-state index in [2.05, 4.69) is 20.3 Å². The molecule has 6 nitrogen and oxygen atoms in total. The smallest absolute Gasteiger partial charge is 0.339 e. The first-order chi connectivity index (χ1) is 9.13. The van der Waals surface area contributed by atoms with E-state index in [1.54, 1.807) is 18.3 Å². The lowest BCUT2D eigenvalue weighted by atomic mass is 10.2. The van der Waals surface area contributed by atoms with Gasteiger partial charge in [-0.05, 0) is 26.2 Å². The molecule has 0 unspecified atom stereocenters. The monoisotopic (exact) mass is 276 g/mol. The molecule has 1 aliphatic rings. The van der Waals surface area contributed by atoms with Crippen molar-refractivity contribution in [2.24, 2.45) is 0 Å². The maximum absolute atomic E-state index is 10.9. The number of carbonyl (C=O) groups is 1. The summed E-state index contributed by atoms with van der Waals surface area (Å²) in [6, 6.07) is 0. The van der Waals surface area contributed by atoms with E-state index in [0.29, 0.717) is 11.6 Å². The highest BCUT2D eigenvalue weighted by Crippen LogP contribution is 2.31. The van der Waals surface area contributed by atoms with E-state index in [1.807, 2.05) is 0 Å². The van der Waals surface area contributed by atoms with Crippen LogP contribution in [0.5, 0.6) is 0 Å². The zero-order chi connectivity index (χ0) is 13.4. The number of rotatable bonds is 3. The molecular formula is C12H12N4O2S. The largest absolute Gasteiger partial charge is 0.478 e. The molecule has 0 saturated heterocycles. The summed E-state index contributed by atoms with van der Waals surface area (Å²) in [5.41, 5.74) is 1.72. The number of thiazole rings is 1. The van der Waals surface area contributed by atoms with E-state index >= 15 is 0 Å². The predicted octanol–water partition coefficient (Wildman–Crippen LogP) is 2.17. The Morgan fingerprint density at radius 1 is 1.42 bits per heavy atom. The molecule has 2 aromatic rings. The quantitative estimate of drug-likeness (QED) is 0.893. The minimum absolute atomic E-state index is 0.118. The number of aryl methyl sites for hydroxylation is 3. The second-order valence-electron chi connectivity index (χ2n) is 4.37. The molecule has 0 amide bonds. The summed E-state index contributed by atoms with van der Waals surface area (Å²) in [6.07, 6.45) is 4.61. The van der Waals surface area contributed by atoms with Crippen molar-refractivity contribution in [3.8, 4) is 0 Å². The first-order valence-corrected chi connectivity index (χ1v) is 6.77. The minimum atomic E-state index is -1.02. The normalized spacial score (nSPS) is 13.3. The second-order valence-corrected chi connectivity index (χ2v) is 5.45. The van der Waals surface area contributed by atoms with E-state index in [9.17, 15) is 4.79 Å². The van der Waals surface area contributed by atoms with Gasteiger partial charge in [0, 0.05) is 11.1 Å². The average Bonchev–Trinajstić information content (AvgIpc) is 2.89. The van der Waals surface area contributed by atoms with Crippen molar-refractivity contribution in [3.63, 3.8) is 0 Å². The van der Waals surface area contributed by atoms with Crippen molar-refractivity contribution in [1.29, 1.82) is 0 Å². The molecule has 0 radical (unpaired) electrons. The van der Waals surface area contributed by atoms with Crippen LogP contribution in [0.3, 0.4) is 0 Å². The lowest BCUT2D eigenvalue weighted by Gasteiger charge is -2.03. The van der Waals surface area contributed by atoms with Gasteiger partial charge in [0.05, 0.1) is 17.0 Å². The maximum Gasteiger partial charge on any atom is 0.339 e. The minimum Gasteiger partial charge on any atom is -0.478 e. The molecule has 0 aromatic carbocycles. The van der Waals surface area contributed by atoms with Crippen LogP contribution in [0.15, 0.2) is 6.20 Å². The van der Waals surface area contributed by atoms with Gasteiger partial charge in [-0.15, -0.1) is 11.3 Å². The van der Waals surface area contributed by atoms with E-state index in [0.717, 1.165) is 23.7 Å². The van der Waals surface area contributed by atoms with Gasteiger partial charge in [-0.3, -0.25) is 0 Å². The third kappa shape index (κ3) is 2.28. The third-order valence-corrected chi connectivity index (χ3v) is 4.10. The van der Waals surface area contributed by atoms with Crippen LogP contribution in [-0.4, -0.2) is 26.0 Å². The number of nitrogens with zero attached hydrogens (tertiary/aromatic N) is 3. The van der Waals surface area contributed by atoms with Gasteiger partial charge in [-0.1, -0.05) is 0 Å². The maximum atomic E-state index is 10.9. The number of hydrogen-bond acceptors (Lipinski definition) is 6. The van der Waals surface area contributed by atoms with Gasteiger partial charge in [-0.25, -0.2) is 19.7 Å². The molecule has 2 heterocycles. The molecule has 19 heavy (non-hydrogen) atoms. The summed E-state index contributed by atoms with van der Waals surface area (Å²) in [6.45, 7) is 1.65. The molecule has 0 atom stereocenters. The van der Waals surface area contributed by atoms with Crippen molar-refractivity contribution < 1.29 is 9.90 Å². The number of nitrogens with one attached hydrogen (secondary N) is 1.